The van der Waals surface area contributed by atoms with Crippen LogP contribution in [0.3, 0.4) is 0 Å². The van der Waals surface area contributed by atoms with E-state index in [0.717, 1.165) is 16.8 Å². The summed E-state index contributed by atoms with van der Waals surface area (Å²) in [6.45, 7) is 10.9. The fraction of sp³-hybridized carbons (Fsp3) is 0.186. The summed E-state index contributed by atoms with van der Waals surface area (Å²) in [5, 5.41) is 77.4. The highest BCUT2D eigenvalue weighted by molar-refractivity contribution is 5.92. The Kier molecular flexibility index (Phi) is 14.4. The lowest BCUT2D eigenvalue weighted by atomic mass is 9.89. The quantitative estimate of drug-likeness (QED) is 0.122. The average molecular weight is 742 g/mol. The number of nitrogens with zero attached hydrogens (tertiary/aromatic N) is 8. The Morgan fingerprint density at radius 1 is 0.804 bits per heavy atom. The smallest absolute Gasteiger partial charge is 0.335 e. The molecule has 2 aromatic rings. The summed E-state index contributed by atoms with van der Waals surface area (Å²) >= 11 is 0. The SMILES string of the molecule is [C-]#[N+]/C(C#N)=C(/C(C#N)=C/C=C/C1=C(N2CCN(CCO)CC2)C(=C/C=C/C(C#N)=C(\c2ccc(C(=O)O)cc2)[C-](C#N)C#N)/CC1)c1ccc(C(=O)O)cc1. The average Bonchev–Trinajstić information content (AvgIpc) is 3.62. The van der Waals surface area contributed by atoms with Crippen LogP contribution in [0.5, 0.6) is 0 Å². The summed E-state index contributed by atoms with van der Waals surface area (Å²) in [7, 11) is 0. The third-order valence-electron chi connectivity index (χ3n) is 9.05. The molecule has 0 amide bonds. The van der Waals surface area contributed by atoms with Gasteiger partial charge in [0.2, 0.25) is 0 Å². The molecule has 1 aliphatic heterocycles. The van der Waals surface area contributed by atoms with Gasteiger partial charge in [0.25, 0.3) is 5.70 Å². The lowest BCUT2D eigenvalue weighted by molar-refractivity contribution is 0.0686. The molecule has 0 saturated carbocycles. The van der Waals surface area contributed by atoms with Gasteiger partial charge in [0.15, 0.2) is 0 Å². The number of piperazine rings is 1. The van der Waals surface area contributed by atoms with E-state index >= 15 is 0 Å². The number of carboxylic acid groups (broad SMARTS) is 2. The number of carboxylic acids is 2. The van der Waals surface area contributed by atoms with E-state index < -0.39 is 11.9 Å². The number of nitriles is 5. The molecular formula is C43H33N8O5-. The summed E-state index contributed by atoms with van der Waals surface area (Å²) in [5.74, 6) is -2.60. The molecular weight excluding hydrogens is 709 g/mol. The van der Waals surface area contributed by atoms with E-state index in [0.29, 0.717) is 56.7 Å². The molecule has 276 valence electrons. The van der Waals surface area contributed by atoms with Gasteiger partial charge in [-0.2, -0.15) is 5.26 Å². The predicted molar refractivity (Wildman–Crippen MR) is 204 cm³/mol. The molecule has 0 spiro atoms. The van der Waals surface area contributed by atoms with Crippen molar-refractivity contribution in [2.45, 2.75) is 12.8 Å². The van der Waals surface area contributed by atoms with Crippen LogP contribution >= 0.6 is 0 Å². The first-order chi connectivity index (χ1) is 27.1. The van der Waals surface area contributed by atoms with E-state index in [1.807, 2.05) is 30.4 Å². The topological polar surface area (TPSA) is 225 Å². The van der Waals surface area contributed by atoms with Crippen molar-refractivity contribution in [1.82, 2.24) is 9.80 Å². The molecule has 13 nitrogen and oxygen atoms in total. The maximum atomic E-state index is 11.4. The van der Waals surface area contributed by atoms with Crippen LogP contribution in [0.2, 0.25) is 0 Å². The van der Waals surface area contributed by atoms with Gasteiger partial charge in [-0.3, -0.25) is 4.90 Å². The second kappa shape index (κ2) is 19.8. The summed E-state index contributed by atoms with van der Waals surface area (Å²) in [6.07, 6.45) is 11.3. The molecule has 13 heteroatoms. The van der Waals surface area contributed by atoms with Crippen molar-refractivity contribution in [3.05, 3.63) is 158 Å². The number of carbonyl (C=O) groups is 2. The highest BCUT2D eigenvalue weighted by atomic mass is 16.4. The van der Waals surface area contributed by atoms with Gasteiger partial charge in [0.05, 0.1) is 42.0 Å². The van der Waals surface area contributed by atoms with Crippen LogP contribution in [-0.4, -0.2) is 76.4 Å². The number of β-amino-alcohol motifs (C(OH)–C–C–N with tert-alkyl or cyclic N) is 1. The molecule has 1 heterocycles. The molecule has 0 radical (unpaired) electrons. The van der Waals surface area contributed by atoms with Gasteiger partial charge in [-0.05, 0) is 53.3 Å². The zero-order valence-electron chi connectivity index (χ0n) is 30.0. The number of hydrogen-bond acceptors (Lipinski definition) is 10. The molecule has 0 aromatic heterocycles. The van der Waals surface area contributed by atoms with Crippen molar-refractivity contribution in [3.8, 4) is 30.3 Å². The Morgan fingerprint density at radius 3 is 1.89 bits per heavy atom. The second-order valence-electron chi connectivity index (χ2n) is 12.2. The fourth-order valence-corrected chi connectivity index (χ4v) is 6.34. The number of hydrogen-bond donors (Lipinski definition) is 3. The third-order valence-corrected chi connectivity index (χ3v) is 9.05. The molecule has 0 unspecified atom stereocenters. The van der Waals surface area contributed by atoms with Crippen molar-refractivity contribution < 1.29 is 24.9 Å². The van der Waals surface area contributed by atoms with E-state index in [4.69, 9.17) is 6.57 Å². The number of rotatable bonds is 13. The van der Waals surface area contributed by atoms with Gasteiger partial charge in [0, 0.05) is 68.1 Å². The zero-order valence-corrected chi connectivity index (χ0v) is 30.0. The monoisotopic (exact) mass is 741 g/mol. The van der Waals surface area contributed by atoms with Gasteiger partial charge in [-0.25, -0.2) is 35.5 Å². The van der Waals surface area contributed by atoms with Crippen molar-refractivity contribution in [3.63, 3.8) is 0 Å². The van der Waals surface area contributed by atoms with Gasteiger partial charge in [-0.1, -0.05) is 48.6 Å². The minimum atomic E-state index is -1.15. The normalized spacial score (nSPS) is 16.2. The molecule has 0 atom stereocenters. The lowest BCUT2D eigenvalue weighted by Gasteiger charge is -2.37. The van der Waals surface area contributed by atoms with Crippen LogP contribution in [0.4, 0.5) is 0 Å². The van der Waals surface area contributed by atoms with Crippen molar-refractivity contribution in [2.24, 2.45) is 0 Å². The second-order valence-corrected chi connectivity index (χ2v) is 12.2. The highest BCUT2D eigenvalue weighted by Crippen LogP contribution is 2.36. The molecule has 56 heavy (non-hydrogen) atoms. The predicted octanol–water partition coefficient (Wildman–Crippen LogP) is 5.98. The minimum Gasteiger partial charge on any atom is -0.478 e. The van der Waals surface area contributed by atoms with E-state index in [9.17, 15) is 51.2 Å². The van der Waals surface area contributed by atoms with Gasteiger partial charge >= 0.3 is 11.9 Å². The Hall–Kier alpha value is -7.91. The summed E-state index contributed by atoms with van der Waals surface area (Å²) in [5.41, 5.74) is 3.37. The molecule has 1 aliphatic carbocycles. The molecule has 1 saturated heterocycles. The van der Waals surface area contributed by atoms with Crippen molar-refractivity contribution in [2.75, 3.05) is 39.3 Å². The highest BCUT2D eigenvalue weighted by Gasteiger charge is 2.26. The Balaban J connectivity index is 1.78. The first-order valence-electron chi connectivity index (χ1n) is 17.1. The van der Waals surface area contributed by atoms with E-state index in [-0.39, 0.29) is 51.6 Å². The zero-order chi connectivity index (χ0) is 40.6. The van der Waals surface area contributed by atoms with Crippen LogP contribution in [0.25, 0.3) is 16.0 Å². The molecule has 1 fully saturated rings. The van der Waals surface area contributed by atoms with E-state index in [1.54, 1.807) is 12.2 Å². The first kappa shape index (κ1) is 40.9. The molecule has 2 aliphatic rings. The number of aliphatic hydroxyl groups is 1. The third kappa shape index (κ3) is 9.74. The van der Waals surface area contributed by atoms with Crippen LogP contribution in [-0.2, 0) is 0 Å². The Bertz CT molecular complexity index is 2320. The molecule has 2 aromatic carbocycles. The summed E-state index contributed by atoms with van der Waals surface area (Å²) in [4.78, 5) is 30.5. The Labute approximate surface area is 324 Å². The fourth-order valence-electron chi connectivity index (χ4n) is 6.34. The van der Waals surface area contributed by atoms with Crippen molar-refractivity contribution >= 4 is 23.1 Å². The summed E-state index contributed by atoms with van der Waals surface area (Å²) < 4.78 is 0. The Morgan fingerprint density at radius 2 is 1.39 bits per heavy atom. The molecule has 3 N–H and O–H groups in total. The van der Waals surface area contributed by atoms with Gasteiger partial charge in [0.1, 0.15) is 0 Å². The van der Waals surface area contributed by atoms with Crippen LogP contribution in [0, 0.1) is 69.1 Å². The maximum absolute atomic E-state index is 11.4. The number of benzene rings is 2. The van der Waals surface area contributed by atoms with Crippen LogP contribution in [0.15, 0.2) is 119 Å². The number of allylic oxidation sites excluding steroid dienone is 13. The molecule has 0 bridgehead atoms. The first-order valence-corrected chi connectivity index (χ1v) is 17.1. The van der Waals surface area contributed by atoms with E-state index in [2.05, 4.69) is 26.8 Å². The van der Waals surface area contributed by atoms with Gasteiger partial charge < -0.3 is 20.2 Å². The summed E-state index contributed by atoms with van der Waals surface area (Å²) in [6, 6.07) is 20.7. The number of aromatic carboxylic acids is 2. The standard InChI is InChI=1S/C43H33N8O5/c1-49-38(28-48)40(30-10-16-34(17-11-30)43(55)56)36(25-45)7-3-5-32-13-12-31(41(32)51-20-18-50(19-21-51)22-23-52)4-2-6-35(24-44)39(37(26-46)27-47)29-8-14-33(15-9-29)42(53)54/h2-11,14-17,52H,12-13,18-23H2,(H,53,54)(H,55,56)/q-1/b5-3+,6-2+,31-4+,36-7+,39-35-,40-38+. The largest absolute Gasteiger partial charge is 0.478 e. The van der Waals surface area contributed by atoms with Crippen LogP contribution in [0.1, 0.15) is 44.7 Å². The number of aliphatic hydroxyl groups excluding tert-OH is 1. The molecule has 4 rings (SSSR count). The lowest BCUT2D eigenvalue weighted by Crippen LogP contribution is -2.46. The van der Waals surface area contributed by atoms with Crippen molar-refractivity contribution in [1.29, 1.82) is 26.3 Å². The van der Waals surface area contributed by atoms with Crippen LogP contribution < -0.4 is 0 Å². The minimum absolute atomic E-state index is 0.00348. The van der Waals surface area contributed by atoms with E-state index in [1.165, 1.54) is 60.7 Å². The maximum Gasteiger partial charge on any atom is 0.335 e. The van der Waals surface area contributed by atoms with Gasteiger partial charge in [-0.15, -0.1) is 29.3 Å².